The van der Waals surface area contributed by atoms with Gasteiger partial charge in [0.05, 0.1) is 17.6 Å². The van der Waals surface area contributed by atoms with Gasteiger partial charge in [0.25, 0.3) is 0 Å². The summed E-state index contributed by atoms with van der Waals surface area (Å²) in [4.78, 5) is 0. The second kappa shape index (κ2) is 5.47. The smallest absolute Gasteiger partial charge is 0.133 e. The molecule has 0 atom stereocenters. The van der Waals surface area contributed by atoms with E-state index in [1.807, 2.05) is 18.2 Å². The monoisotopic (exact) mass is 263 g/mol. The maximum Gasteiger partial charge on any atom is 0.133 e. The highest BCUT2D eigenvalue weighted by atomic mass is 79.9. The summed E-state index contributed by atoms with van der Waals surface area (Å²) in [6.07, 6.45) is 0. The number of methoxy groups -OCH3 is 1. The molecule has 1 N–H and O–H groups in total. The summed E-state index contributed by atoms with van der Waals surface area (Å²) in [7, 11) is 1.65. The summed E-state index contributed by atoms with van der Waals surface area (Å²) in [6.45, 7) is 0.770. The van der Waals surface area contributed by atoms with Crippen molar-refractivity contribution in [3.05, 3.63) is 28.2 Å². The Balaban J connectivity index is 2.71. The number of alkyl halides is 1. The van der Waals surface area contributed by atoms with Crippen molar-refractivity contribution in [2.75, 3.05) is 13.1 Å². The lowest BCUT2D eigenvalue weighted by Crippen LogP contribution is -2.09. The molecule has 0 heterocycles. The number of ether oxygens (including phenoxy) is 1. The molecule has 2 nitrogen and oxygen atoms in total. The fraction of sp³-hybridized carbons (Fsp3) is 0.333. The highest BCUT2D eigenvalue weighted by Gasteiger charge is 2.00. The summed E-state index contributed by atoms with van der Waals surface area (Å²) in [6, 6.07) is 6.40. The van der Waals surface area contributed by atoms with Crippen LogP contribution in [0.15, 0.2) is 22.7 Å². The van der Waals surface area contributed by atoms with Crippen molar-refractivity contribution in [1.29, 1.82) is 0 Å². The van der Waals surface area contributed by atoms with Crippen LogP contribution in [0.2, 0.25) is 0 Å². The van der Waals surface area contributed by atoms with Gasteiger partial charge in [0.15, 0.2) is 0 Å². The lowest BCUT2D eigenvalue weighted by Gasteiger charge is -2.05. The van der Waals surface area contributed by atoms with Crippen LogP contribution in [0.25, 0.3) is 0 Å². The van der Waals surface area contributed by atoms with E-state index in [-0.39, 0.29) is 0 Å². The Hall–Kier alpha value is -0.250. The van der Waals surface area contributed by atoms with Crippen molar-refractivity contribution in [1.82, 2.24) is 5.32 Å². The van der Waals surface area contributed by atoms with E-state index in [1.54, 1.807) is 7.11 Å². The van der Waals surface area contributed by atoms with Crippen LogP contribution in [-0.2, 0) is 6.54 Å². The topological polar surface area (TPSA) is 21.3 Å². The van der Waals surface area contributed by atoms with Gasteiger partial charge in [-0.25, -0.2) is 0 Å². The number of nitrogens with one attached hydrogen (secondary N) is 1. The largest absolute Gasteiger partial charge is 0.496 e. The van der Waals surface area contributed by atoms with Crippen molar-refractivity contribution in [2.24, 2.45) is 0 Å². The minimum atomic E-state index is 0.462. The van der Waals surface area contributed by atoms with Gasteiger partial charge in [0.1, 0.15) is 5.75 Å². The summed E-state index contributed by atoms with van der Waals surface area (Å²) < 4.78 is 6.07. The molecule has 0 aliphatic heterocycles. The molecule has 1 aromatic rings. The fourth-order valence-electron chi connectivity index (χ4n) is 1.01. The van der Waals surface area contributed by atoms with Crippen LogP contribution < -0.4 is 10.1 Å². The van der Waals surface area contributed by atoms with Crippen LogP contribution in [0, 0.1) is 0 Å². The lowest BCUT2D eigenvalue weighted by atomic mass is 10.2. The van der Waals surface area contributed by atoms with Crippen molar-refractivity contribution in [3.63, 3.8) is 0 Å². The number of hydrogen-bond donors (Lipinski definition) is 1. The molecule has 72 valence electrons. The first-order valence-corrected chi connectivity index (χ1v) is 5.19. The number of halogens is 2. The van der Waals surface area contributed by atoms with Gasteiger partial charge in [0.2, 0.25) is 0 Å². The van der Waals surface area contributed by atoms with E-state index in [2.05, 4.69) is 21.2 Å². The Kier molecular flexibility index (Phi) is 4.56. The second-order valence-corrected chi connectivity index (χ2v) is 3.65. The van der Waals surface area contributed by atoms with Crippen LogP contribution in [0.5, 0.6) is 5.75 Å². The van der Waals surface area contributed by atoms with Gasteiger partial charge < -0.3 is 4.74 Å². The van der Waals surface area contributed by atoms with Crippen molar-refractivity contribution in [3.8, 4) is 5.75 Å². The van der Waals surface area contributed by atoms with Crippen molar-refractivity contribution < 1.29 is 4.74 Å². The minimum absolute atomic E-state index is 0.462. The quantitative estimate of drug-likeness (QED) is 0.667. The van der Waals surface area contributed by atoms with Crippen molar-refractivity contribution >= 4 is 27.5 Å². The van der Waals surface area contributed by atoms with Crippen LogP contribution in [0.1, 0.15) is 5.56 Å². The molecule has 0 radical (unpaired) electrons. The van der Waals surface area contributed by atoms with Gasteiger partial charge in [-0.15, -0.1) is 11.6 Å². The Labute approximate surface area is 91.4 Å². The molecular formula is C9H11BrClNO. The van der Waals surface area contributed by atoms with Crippen LogP contribution in [0.4, 0.5) is 0 Å². The number of benzene rings is 1. The third-order valence-corrected chi connectivity index (χ3v) is 2.45. The van der Waals surface area contributed by atoms with E-state index in [4.69, 9.17) is 16.3 Å². The zero-order valence-electron chi connectivity index (χ0n) is 7.31. The molecule has 1 rings (SSSR count). The van der Waals surface area contributed by atoms with E-state index in [1.165, 1.54) is 5.56 Å². The Morgan fingerprint density at radius 1 is 1.54 bits per heavy atom. The van der Waals surface area contributed by atoms with Crippen molar-refractivity contribution in [2.45, 2.75) is 6.54 Å². The average Bonchev–Trinajstić information content (AvgIpc) is 2.15. The summed E-state index contributed by atoms with van der Waals surface area (Å²) in [5.74, 6) is 0.842. The zero-order valence-corrected chi connectivity index (χ0v) is 9.65. The Morgan fingerprint density at radius 3 is 2.85 bits per heavy atom. The second-order valence-electron chi connectivity index (χ2n) is 2.53. The molecule has 0 amide bonds. The Morgan fingerprint density at radius 2 is 2.31 bits per heavy atom. The SMILES string of the molecule is COc1ccc(CNCCl)cc1Br. The third-order valence-electron chi connectivity index (χ3n) is 1.64. The minimum Gasteiger partial charge on any atom is -0.496 e. The molecule has 0 aromatic heterocycles. The predicted molar refractivity (Wildman–Crippen MR) is 58.3 cm³/mol. The van der Waals surface area contributed by atoms with Gasteiger partial charge in [-0.2, -0.15) is 0 Å². The van der Waals surface area contributed by atoms with E-state index in [0.29, 0.717) is 6.00 Å². The maximum atomic E-state index is 5.50. The average molecular weight is 265 g/mol. The molecule has 0 saturated carbocycles. The van der Waals surface area contributed by atoms with Gasteiger partial charge in [-0.3, -0.25) is 5.32 Å². The molecule has 4 heteroatoms. The summed E-state index contributed by atoms with van der Waals surface area (Å²) in [5, 5.41) is 3.03. The maximum absolute atomic E-state index is 5.50. The highest BCUT2D eigenvalue weighted by Crippen LogP contribution is 2.25. The standard InChI is InChI=1S/C9H11BrClNO/c1-13-9-3-2-7(4-8(9)10)5-12-6-11/h2-4,12H,5-6H2,1H3. The molecular weight excluding hydrogens is 253 g/mol. The summed E-state index contributed by atoms with van der Waals surface area (Å²) in [5.41, 5.74) is 1.17. The first-order valence-electron chi connectivity index (χ1n) is 3.87. The van der Waals surface area contributed by atoms with Gasteiger partial charge in [-0.05, 0) is 33.6 Å². The van der Waals surface area contributed by atoms with Crippen LogP contribution in [-0.4, -0.2) is 13.1 Å². The molecule has 0 saturated heterocycles. The molecule has 0 aliphatic rings. The first-order chi connectivity index (χ1) is 6.27. The van der Waals surface area contributed by atoms with Gasteiger partial charge >= 0.3 is 0 Å². The fourth-order valence-corrected chi connectivity index (χ4v) is 1.69. The molecule has 0 unspecified atom stereocenters. The first kappa shape index (κ1) is 10.8. The molecule has 0 fully saturated rings. The number of hydrogen-bond acceptors (Lipinski definition) is 2. The molecule has 0 spiro atoms. The van der Waals surface area contributed by atoms with Gasteiger partial charge in [-0.1, -0.05) is 6.07 Å². The van der Waals surface area contributed by atoms with E-state index < -0.39 is 0 Å². The van der Waals surface area contributed by atoms with Crippen LogP contribution >= 0.6 is 27.5 Å². The normalized spacial score (nSPS) is 10.1. The molecule has 0 bridgehead atoms. The third kappa shape index (κ3) is 3.18. The van der Waals surface area contributed by atoms with E-state index in [9.17, 15) is 0 Å². The van der Waals surface area contributed by atoms with Gasteiger partial charge in [0, 0.05) is 6.54 Å². The molecule has 1 aromatic carbocycles. The predicted octanol–water partition coefficient (Wildman–Crippen LogP) is 2.74. The van der Waals surface area contributed by atoms with Crippen LogP contribution in [0.3, 0.4) is 0 Å². The number of rotatable bonds is 4. The van der Waals surface area contributed by atoms with E-state index in [0.717, 1.165) is 16.8 Å². The summed E-state index contributed by atoms with van der Waals surface area (Å²) >= 11 is 8.92. The zero-order chi connectivity index (χ0) is 9.68. The van der Waals surface area contributed by atoms with E-state index >= 15 is 0 Å². The highest BCUT2D eigenvalue weighted by molar-refractivity contribution is 9.10. The Bertz CT molecular complexity index is 280. The molecule has 0 aliphatic carbocycles. The lowest BCUT2D eigenvalue weighted by molar-refractivity contribution is 0.412. The molecule has 13 heavy (non-hydrogen) atoms.